The van der Waals surface area contributed by atoms with E-state index in [1.54, 1.807) is 0 Å². The summed E-state index contributed by atoms with van der Waals surface area (Å²) in [5.41, 5.74) is 4.18. The summed E-state index contributed by atoms with van der Waals surface area (Å²) in [5.74, 6) is 0.466. The molecule has 0 aliphatic carbocycles. The molecule has 3 aromatic rings. The van der Waals surface area contributed by atoms with Gasteiger partial charge in [-0.2, -0.15) is 4.98 Å². The summed E-state index contributed by atoms with van der Waals surface area (Å²) in [6.07, 6.45) is 3.71. The topological polar surface area (TPSA) is 67.6 Å². The van der Waals surface area contributed by atoms with Gasteiger partial charge in [0.1, 0.15) is 5.52 Å². The van der Waals surface area contributed by atoms with Crippen molar-refractivity contribution >= 4 is 34.6 Å². The molecule has 2 aromatic carbocycles. The Labute approximate surface area is 200 Å². The molecule has 0 spiro atoms. The number of amides is 1. The smallest absolute Gasteiger partial charge is 0.295 e. The normalized spacial score (nSPS) is 15.8. The second-order valence-corrected chi connectivity index (χ2v) is 9.15. The molecule has 1 aliphatic heterocycles. The molecule has 1 fully saturated rings. The molecule has 0 radical (unpaired) electrons. The van der Waals surface area contributed by atoms with Crippen LogP contribution >= 0.6 is 11.6 Å². The van der Waals surface area contributed by atoms with Gasteiger partial charge < -0.3 is 19.4 Å². The maximum atomic E-state index is 13.5. The Morgan fingerprint density at radius 3 is 2.85 bits per heavy atom. The van der Waals surface area contributed by atoms with Crippen molar-refractivity contribution in [2.75, 3.05) is 31.6 Å². The number of nitrogens with one attached hydrogen (secondary N) is 1. The molecule has 176 valence electrons. The SMILES string of the molecule is CCCc1cc(C(=O)N(CCC)CC2CCOC2)cc2nc(NCc3cccc(Cl)c3)oc12. The number of oxazole rings is 1. The molecule has 1 atom stereocenters. The van der Waals surface area contributed by atoms with Crippen LogP contribution in [0.15, 0.2) is 40.8 Å². The number of fused-ring (bicyclic) bond motifs is 1. The van der Waals surface area contributed by atoms with E-state index in [0.29, 0.717) is 34.6 Å². The summed E-state index contributed by atoms with van der Waals surface area (Å²) >= 11 is 6.09. The van der Waals surface area contributed by atoms with Crippen molar-refractivity contribution in [2.45, 2.75) is 46.1 Å². The van der Waals surface area contributed by atoms with Gasteiger partial charge in [0, 0.05) is 42.7 Å². The number of carbonyl (C=O) groups is 1. The highest BCUT2D eigenvalue weighted by Gasteiger charge is 2.24. The molecule has 1 N–H and O–H groups in total. The number of carbonyl (C=O) groups excluding carboxylic acids is 1. The fourth-order valence-corrected chi connectivity index (χ4v) is 4.56. The average molecular weight is 470 g/mol. The molecular weight excluding hydrogens is 438 g/mol. The van der Waals surface area contributed by atoms with Crippen LogP contribution in [0.4, 0.5) is 6.01 Å². The van der Waals surface area contributed by atoms with E-state index in [1.807, 2.05) is 41.3 Å². The van der Waals surface area contributed by atoms with Crippen molar-refractivity contribution in [3.8, 4) is 0 Å². The lowest BCUT2D eigenvalue weighted by molar-refractivity contribution is 0.0720. The molecular formula is C26H32ClN3O3. The number of ether oxygens (including phenoxy) is 1. The van der Waals surface area contributed by atoms with Crippen LogP contribution in [0.3, 0.4) is 0 Å². The van der Waals surface area contributed by atoms with Gasteiger partial charge in [-0.3, -0.25) is 4.79 Å². The van der Waals surface area contributed by atoms with Gasteiger partial charge in [0.25, 0.3) is 11.9 Å². The monoisotopic (exact) mass is 469 g/mol. The molecule has 1 amide bonds. The maximum Gasteiger partial charge on any atom is 0.295 e. The van der Waals surface area contributed by atoms with Gasteiger partial charge >= 0.3 is 0 Å². The number of rotatable bonds is 10. The molecule has 1 aliphatic rings. The first-order valence-corrected chi connectivity index (χ1v) is 12.2. The number of benzene rings is 2. The van der Waals surface area contributed by atoms with E-state index in [9.17, 15) is 4.79 Å². The fraction of sp³-hybridized carbons (Fsp3) is 0.462. The molecule has 1 saturated heterocycles. The Morgan fingerprint density at radius 1 is 1.24 bits per heavy atom. The summed E-state index contributed by atoms with van der Waals surface area (Å²) in [6, 6.07) is 12.0. The number of hydrogen-bond acceptors (Lipinski definition) is 5. The van der Waals surface area contributed by atoms with Crippen LogP contribution in [0.2, 0.25) is 5.02 Å². The second kappa shape index (κ2) is 11.0. The summed E-state index contributed by atoms with van der Waals surface area (Å²) in [7, 11) is 0. The first-order valence-electron chi connectivity index (χ1n) is 11.9. The van der Waals surface area contributed by atoms with Gasteiger partial charge in [-0.1, -0.05) is 44.0 Å². The number of hydrogen-bond donors (Lipinski definition) is 1. The van der Waals surface area contributed by atoms with E-state index >= 15 is 0 Å². The van der Waals surface area contributed by atoms with E-state index in [4.69, 9.17) is 20.8 Å². The van der Waals surface area contributed by atoms with Crippen LogP contribution in [0, 0.1) is 5.92 Å². The molecule has 7 heteroatoms. The van der Waals surface area contributed by atoms with Crippen molar-refractivity contribution in [3.63, 3.8) is 0 Å². The Bertz CT molecular complexity index is 1090. The fourth-order valence-electron chi connectivity index (χ4n) is 4.35. The third-order valence-corrected chi connectivity index (χ3v) is 6.18. The lowest BCUT2D eigenvalue weighted by atomic mass is 10.0. The van der Waals surface area contributed by atoms with Gasteiger partial charge in [0.05, 0.1) is 6.61 Å². The quantitative estimate of drug-likeness (QED) is 0.398. The largest absolute Gasteiger partial charge is 0.423 e. The van der Waals surface area contributed by atoms with Crippen LogP contribution in [-0.4, -0.2) is 42.1 Å². The molecule has 4 rings (SSSR count). The molecule has 1 aromatic heterocycles. The highest BCUT2D eigenvalue weighted by atomic mass is 35.5. The summed E-state index contributed by atoms with van der Waals surface area (Å²) in [4.78, 5) is 20.1. The van der Waals surface area contributed by atoms with Crippen molar-refractivity contribution < 1.29 is 13.9 Å². The van der Waals surface area contributed by atoms with E-state index in [0.717, 1.165) is 68.7 Å². The van der Waals surface area contributed by atoms with Gasteiger partial charge in [-0.25, -0.2) is 0 Å². The zero-order valence-corrected chi connectivity index (χ0v) is 20.2. The van der Waals surface area contributed by atoms with Crippen LogP contribution < -0.4 is 5.32 Å². The molecule has 6 nitrogen and oxygen atoms in total. The highest BCUT2D eigenvalue weighted by Crippen LogP contribution is 2.27. The Balaban J connectivity index is 1.58. The minimum Gasteiger partial charge on any atom is -0.423 e. The highest BCUT2D eigenvalue weighted by molar-refractivity contribution is 6.30. The first kappa shape index (κ1) is 23.6. The Morgan fingerprint density at radius 2 is 2.12 bits per heavy atom. The molecule has 2 heterocycles. The third-order valence-electron chi connectivity index (χ3n) is 5.95. The van der Waals surface area contributed by atoms with E-state index < -0.39 is 0 Å². The summed E-state index contributed by atoms with van der Waals surface area (Å²) in [5, 5.41) is 3.94. The molecule has 0 bridgehead atoms. The standard InChI is InChI=1S/C26H32ClN3O3/c1-3-6-20-13-21(25(31)30(10-4-2)16-19-9-11-32-17-19)14-23-24(20)33-26(29-23)28-15-18-7-5-8-22(27)12-18/h5,7-8,12-14,19H,3-4,6,9-11,15-17H2,1-2H3,(H,28,29). The lowest BCUT2D eigenvalue weighted by Crippen LogP contribution is -2.36. The van der Waals surface area contributed by atoms with Crippen LogP contribution in [-0.2, 0) is 17.7 Å². The van der Waals surface area contributed by atoms with Crippen molar-refractivity contribution in [3.05, 3.63) is 58.1 Å². The number of halogens is 1. The van der Waals surface area contributed by atoms with E-state index in [2.05, 4.69) is 24.1 Å². The summed E-state index contributed by atoms with van der Waals surface area (Å²) in [6.45, 7) is 7.77. The van der Waals surface area contributed by atoms with Gasteiger partial charge in [0.15, 0.2) is 5.58 Å². The molecule has 33 heavy (non-hydrogen) atoms. The predicted molar refractivity (Wildman–Crippen MR) is 132 cm³/mol. The van der Waals surface area contributed by atoms with Gasteiger partial charge in [0.2, 0.25) is 0 Å². The Hall–Kier alpha value is -2.57. The van der Waals surface area contributed by atoms with Crippen LogP contribution in [0.25, 0.3) is 11.1 Å². The zero-order chi connectivity index (χ0) is 23.2. The van der Waals surface area contributed by atoms with E-state index in [1.165, 1.54) is 0 Å². The lowest BCUT2D eigenvalue weighted by Gasteiger charge is -2.25. The maximum absolute atomic E-state index is 13.5. The van der Waals surface area contributed by atoms with Crippen molar-refractivity contribution in [1.82, 2.24) is 9.88 Å². The second-order valence-electron chi connectivity index (χ2n) is 8.72. The number of anilines is 1. The van der Waals surface area contributed by atoms with Gasteiger partial charge in [-0.15, -0.1) is 0 Å². The minimum atomic E-state index is 0.0550. The van der Waals surface area contributed by atoms with Crippen LogP contribution in [0.1, 0.15) is 54.6 Å². The predicted octanol–water partition coefficient (Wildman–Crippen LogP) is 5.93. The number of nitrogens with zero attached hydrogens (tertiary/aromatic N) is 2. The number of aromatic nitrogens is 1. The zero-order valence-electron chi connectivity index (χ0n) is 19.4. The average Bonchev–Trinajstić information content (AvgIpc) is 3.47. The first-order chi connectivity index (χ1) is 16.1. The van der Waals surface area contributed by atoms with Crippen molar-refractivity contribution in [2.24, 2.45) is 5.92 Å². The minimum absolute atomic E-state index is 0.0550. The number of aryl methyl sites for hydroxylation is 1. The third kappa shape index (κ3) is 5.87. The molecule has 0 saturated carbocycles. The van der Waals surface area contributed by atoms with E-state index in [-0.39, 0.29) is 5.91 Å². The van der Waals surface area contributed by atoms with Gasteiger partial charge in [-0.05, 0) is 54.7 Å². The van der Waals surface area contributed by atoms with Crippen LogP contribution in [0.5, 0.6) is 0 Å². The summed E-state index contributed by atoms with van der Waals surface area (Å²) < 4.78 is 11.6. The Kier molecular flexibility index (Phi) is 7.89. The van der Waals surface area contributed by atoms with Crippen molar-refractivity contribution in [1.29, 1.82) is 0 Å². The molecule has 1 unspecified atom stereocenters.